The third-order valence-corrected chi connectivity index (χ3v) is 6.36. The molecule has 0 amide bonds. The second kappa shape index (κ2) is 11.4. The summed E-state index contributed by atoms with van der Waals surface area (Å²) in [6.45, 7) is 2.44. The first-order valence-electron chi connectivity index (χ1n) is 12.0. The van der Waals surface area contributed by atoms with Crippen LogP contribution < -0.4 is 9.47 Å². The lowest BCUT2D eigenvalue weighted by Gasteiger charge is -2.15. The molecule has 0 saturated carbocycles. The van der Waals surface area contributed by atoms with Gasteiger partial charge in [-0.05, 0) is 87.6 Å². The minimum atomic E-state index is -0.535. The molecule has 0 spiro atoms. The van der Waals surface area contributed by atoms with E-state index in [1.54, 1.807) is 30.3 Å². The van der Waals surface area contributed by atoms with E-state index in [1.165, 1.54) is 12.1 Å². The summed E-state index contributed by atoms with van der Waals surface area (Å²) in [7, 11) is 0. The lowest BCUT2D eigenvalue weighted by atomic mass is 10.0. The highest BCUT2D eigenvalue weighted by Crippen LogP contribution is 2.38. The second-order valence-electron chi connectivity index (χ2n) is 8.46. The van der Waals surface area contributed by atoms with Crippen LogP contribution in [0.5, 0.6) is 11.5 Å². The van der Waals surface area contributed by atoms with E-state index in [2.05, 4.69) is 20.9 Å². The van der Waals surface area contributed by atoms with Crippen LogP contribution in [0.25, 0.3) is 17.2 Å². The molecule has 0 radical (unpaired) electrons. The number of carbonyl (C=O) groups is 1. The number of benzene rings is 4. The van der Waals surface area contributed by atoms with Crippen LogP contribution in [-0.2, 0) is 16.1 Å². The fraction of sp³-hybridized carbons (Fsp3) is 0.0968. The molecule has 0 fully saturated rings. The number of rotatable bonds is 8. The summed E-state index contributed by atoms with van der Waals surface area (Å²) in [5, 5.41) is 0. The van der Waals surface area contributed by atoms with Crippen molar-refractivity contribution in [2.75, 3.05) is 6.61 Å². The van der Waals surface area contributed by atoms with Gasteiger partial charge in [-0.2, -0.15) is 0 Å². The Morgan fingerprint density at radius 1 is 0.895 bits per heavy atom. The average molecular weight is 572 g/mol. The van der Waals surface area contributed by atoms with Crippen LogP contribution in [0.1, 0.15) is 23.6 Å². The Hall–Kier alpha value is -4.23. The van der Waals surface area contributed by atoms with Crippen LogP contribution in [0.2, 0.25) is 0 Å². The molecule has 7 heteroatoms. The van der Waals surface area contributed by atoms with E-state index in [0.29, 0.717) is 39.3 Å². The Morgan fingerprint density at radius 2 is 1.63 bits per heavy atom. The molecule has 0 N–H and O–H groups in total. The van der Waals surface area contributed by atoms with E-state index in [1.807, 2.05) is 61.5 Å². The zero-order chi connectivity index (χ0) is 26.5. The minimum absolute atomic E-state index is 0.167. The van der Waals surface area contributed by atoms with Crippen molar-refractivity contribution in [1.82, 2.24) is 0 Å². The van der Waals surface area contributed by atoms with Crippen molar-refractivity contribution in [1.29, 1.82) is 0 Å². The monoisotopic (exact) mass is 571 g/mol. The standard InChI is InChI=1S/C31H23BrFNO4/c1-2-36-28-18-21(16-26(32)29(28)37-19-20-7-6-10-25(33)15-20)17-27-31(35)38-30(34-27)24-13-11-23(12-14-24)22-8-4-3-5-9-22/h3-18H,2,19H2,1H3/b27-17-. The van der Waals surface area contributed by atoms with E-state index in [-0.39, 0.29) is 24.0 Å². The number of nitrogens with zero attached hydrogens (tertiary/aromatic N) is 1. The number of hydrogen-bond donors (Lipinski definition) is 0. The first-order valence-corrected chi connectivity index (χ1v) is 12.8. The van der Waals surface area contributed by atoms with Gasteiger partial charge < -0.3 is 14.2 Å². The Kier molecular flexibility index (Phi) is 7.65. The SMILES string of the molecule is CCOc1cc(/C=C2\N=C(c3ccc(-c4ccccc4)cc3)OC2=O)cc(Br)c1OCc1cccc(F)c1. The molecule has 0 atom stereocenters. The highest BCUT2D eigenvalue weighted by Gasteiger charge is 2.24. The predicted molar refractivity (Wildman–Crippen MR) is 149 cm³/mol. The molecule has 1 aliphatic rings. The van der Waals surface area contributed by atoms with Gasteiger partial charge in [0, 0.05) is 5.56 Å². The number of cyclic esters (lactones) is 1. The van der Waals surface area contributed by atoms with E-state index in [0.717, 1.165) is 11.1 Å². The summed E-state index contributed by atoms with van der Waals surface area (Å²) in [5.74, 6) is 0.354. The number of hydrogen-bond acceptors (Lipinski definition) is 5. The van der Waals surface area contributed by atoms with Gasteiger partial charge >= 0.3 is 5.97 Å². The fourth-order valence-corrected chi connectivity index (χ4v) is 4.56. The molecular formula is C31H23BrFNO4. The smallest absolute Gasteiger partial charge is 0.363 e. The molecule has 0 aromatic heterocycles. The molecule has 190 valence electrons. The maximum absolute atomic E-state index is 13.5. The van der Waals surface area contributed by atoms with Gasteiger partial charge in [0.1, 0.15) is 12.4 Å². The molecule has 38 heavy (non-hydrogen) atoms. The molecule has 0 aliphatic carbocycles. The van der Waals surface area contributed by atoms with Crippen molar-refractivity contribution in [2.45, 2.75) is 13.5 Å². The maximum Gasteiger partial charge on any atom is 0.363 e. The predicted octanol–water partition coefficient (Wildman–Crippen LogP) is 7.58. The van der Waals surface area contributed by atoms with E-state index < -0.39 is 5.97 Å². The van der Waals surface area contributed by atoms with Crippen LogP contribution >= 0.6 is 15.9 Å². The number of carbonyl (C=O) groups excluding carboxylic acids is 1. The number of halogens is 2. The summed E-state index contributed by atoms with van der Waals surface area (Å²) >= 11 is 3.53. The quantitative estimate of drug-likeness (QED) is 0.161. The maximum atomic E-state index is 13.5. The van der Waals surface area contributed by atoms with E-state index in [4.69, 9.17) is 14.2 Å². The zero-order valence-corrected chi connectivity index (χ0v) is 22.1. The van der Waals surface area contributed by atoms with Crippen molar-refractivity contribution in [3.8, 4) is 22.6 Å². The van der Waals surface area contributed by atoms with Gasteiger partial charge in [0.2, 0.25) is 5.90 Å². The molecule has 0 saturated heterocycles. The molecule has 5 nitrogen and oxygen atoms in total. The van der Waals surface area contributed by atoms with Crippen molar-refractivity contribution < 1.29 is 23.4 Å². The Bertz CT molecular complexity index is 1530. The van der Waals surface area contributed by atoms with Crippen molar-refractivity contribution in [2.24, 2.45) is 4.99 Å². The largest absolute Gasteiger partial charge is 0.490 e. The summed E-state index contributed by atoms with van der Waals surface area (Å²) in [4.78, 5) is 17.0. The number of esters is 1. The summed E-state index contributed by atoms with van der Waals surface area (Å²) in [6.07, 6.45) is 1.64. The van der Waals surface area contributed by atoms with Crippen molar-refractivity contribution in [3.05, 3.63) is 124 Å². The fourth-order valence-electron chi connectivity index (χ4n) is 3.98. The summed E-state index contributed by atoms with van der Waals surface area (Å²) < 4.78 is 31.3. The molecule has 5 rings (SSSR count). The molecule has 4 aromatic carbocycles. The third kappa shape index (κ3) is 5.84. The second-order valence-corrected chi connectivity index (χ2v) is 9.32. The molecule has 0 unspecified atom stereocenters. The number of ether oxygens (including phenoxy) is 3. The molecule has 4 aromatic rings. The first-order chi connectivity index (χ1) is 18.5. The average Bonchev–Trinajstić information content (AvgIpc) is 3.29. The van der Waals surface area contributed by atoms with Gasteiger partial charge in [0.15, 0.2) is 17.2 Å². The van der Waals surface area contributed by atoms with Crippen LogP contribution in [0, 0.1) is 5.82 Å². The van der Waals surface area contributed by atoms with E-state index in [9.17, 15) is 9.18 Å². The Balaban J connectivity index is 1.38. The molecular weight excluding hydrogens is 549 g/mol. The van der Waals surface area contributed by atoms with Crippen molar-refractivity contribution >= 4 is 33.9 Å². The zero-order valence-electron chi connectivity index (χ0n) is 20.5. The topological polar surface area (TPSA) is 57.1 Å². The highest BCUT2D eigenvalue weighted by molar-refractivity contribution is 9.10. The van der Waals surface area contributed by atoms with Crippen LogP contribution in [0.4, 0.5) is 4.39 Å². The van der Waals surface area contributed by atoms with Crippen molar-refractivity contribution in [3.63, 3.8) is 0 Å². The number of aliphatic imine (C=N–C) groups is 1. The van der Waals surface area contributed by atoms with Gasteiger partial charge in [-0.15, -0.1) is 0 Å². The first kappa shape index (κ1) is 25.4. The lowest BCUT2D eigenvalue weighted by Crippen LogP contribution is -2.05. The summed E-state index contributed by atoms with van der Waals surface area (Å²) in [6, 6.07) is 27.5. The van der Waals surface area contributed by atoms with Crippen LogP contribution in [0.3, 0.4) is 0 Å². The Morgan fingerprint density at radius 3 is 2.37 bits per heavy atom. The van der Waals surface area contributed by atoms with Crippen LogP contribution in [-0.4, -0.2) is 18.5 Å². The lowest BCUT2D eigenvalue weighted by molar-refractivity contribution is -0.129. The molecule has 0 bridgehead atoms. The highest BCUT2D eigenvalue weighted by atomic mass is 79.9. The van der Waals surface area contributed by atoms with E-state index >= 15 is 0 Å². The van der Waals surface area contributed by atoms with Gasteiger partial charge in [-0.3, -0.25) is 0 Å². The molecule has 1 heterocycles. The van der Waals surface area contributed by atoms with Gasteiger partial charge in [-0.1, -0.05) is 54.6 Å². The molecule has 1 aliphatic heterocycles. The van der Waals surface area contributed by atoms with Gasteiger partial charge in [0.05, 0.1) is 11.1 Å². The van der Waals surface area contributed by atoms with Gasteiger partial charge in [0.25, 0.3) is 0 Å². The van der Waals surface area contributed by atoms with Gasteiger partial charge in [-0.25, -0.2) is 14.2 Å². The Labute approximate surface area is 228 Å². The normalized spacial score (nSPS) is 13.8. The minimum Gasteiger partial charge on any atom is -0.490 e. The van der Waals surface area contributed by atoms with Crippen LogP contribution in [0.15, 0.2) is 106 Å². The third-order valence-electron chi connectivity index (χ3n) is 5.77. The summed E-state index contributed by atoms with van der Waals surface area (Å²) in [5.41, 5.74) is 4.41.